The van der Waals surface area contributed by atoms with Crippen molar-refractivity contribution < 1.29 is 27.2 Å². The van der Waals surface area contributed by atoms with Gasteiger partial charge in [0, 0.05) is 0 Å². The van der Waals surface area contributed by atoms with Crippen molar-refractivity contribution in [2.75, 3.05) is 4.90 Å². The molecule has 1 aromatic rings. The number of imide groups is 1. The molecule has 1 aliphatic heterocycles. The number of rotatable bonds is 2. The first kappa shape index (κ1) is 14.3. The number of aryl methyl sites for hydroxylation is 1. The number of urea groups is 1. The van der Waals surface area contributed by atoms with Crippen LogP contribution in [0.4, 0.5) is 28.0 Å². The number of carbonyl (C=O) groups excluding carboxylic acids is 2. The lowest BCUT2D eigenvalue weighted by atomic mass is 10.1. The summed E-state index contributed by atoms with van der Waals surface area (Å²) in [4.78, 5) is 24.0. The molecular weight excluding hydrogens is 280 g/mol. The molecule has 4 nitrogen and oxygen atoms in total. The second kappa shape index (κ2) is 4.77. The van der Waals surface area contributed by atoms with Crippen molar-refractivity contribution in [1.29, 1.82) is 0 Å². The van der Waals surface area contributed by atoms with Gasteiger partial charge in [-0.25, -0.2) is 14.1 Å². The Bertz CT molecular complexity index is 571. The number of alkyl halides is 3. The van der Waals surface area contributed by atoms with Crippen LogP contribution in [0.2, 0.25) is 0 Å². The summed E-state index contributed by atoms with van der Waals surface area (Å²) >= 11 is 0. The first-order chi connectivity index (χ1) is 9.19. The molecule has 1 saturated heterocycles. The second-order valence-corrected chi connectivity index (χ2v) is 4.43. The molecule has 0 saturated carbocycles. The van der Waals surface area contributed by atoms with Crippen molar-refractivity contribution in [3.05, 3.63) is 29.6 Å². The van der Waals surface area contributed by atoms with Crippen LogP contribution < -0.4 is 10.2 Å². The number of hydrogen-bond acceptors (Lipinski definition) is 2. The Kier molecular flexibility index (Phi) is 3.41. The Morgan fingerprint density at radius 2 is 1.95 bits per heavy atom. The van der Waals surface area contributed by atoms with Crippen molar-refractivity contribution in [3.8, 4) is 0 Å². The van der Waals surface area contributed by atoms with Crippen molar-refractivity contribution in [2.24, 2.45) is 0 Å². The number of halogens is 4. The van der Waals surface area contributed by atoms with Gasteiger partial charge < -0.3 is 5.32 Å². The SMILES string of the molecule is Cc1cc(N2C(=O)NC(CC(F)(F)F)C2=O)ccc1F. The van der Waals surface area contributed by atoms with Gasteiger partial charge in [-0.05, 0) is 30.7 Å². The number of amides is 3. The van der Waals surface area contributed by atoms with E-state index in [-0.39, 0.29) is 11.3 Å². The lowest BCUT2D eigenvalue weighted by Gasteiger charge is -2.14. The fraction of sp³-hybridized carbons (Fsp3) is 0.333. The van der Waals surface area contributed by atoms with Crippen LogP contribution in [0.15, 0.2) is 18.2 Å². The van der Waals surface area contributed by atoms with E-state index >= 15 is 0 Å². The quantitative estimate of drug-likeness (QED) is 0.672. The summed E-state index contributed by atoms with van der Waals surface area (Å²) in [5.41, 5.74) is 0.221. The summed E-state index contributed by atoms with van der Waals surface area (Å²) in [6.07, 6.45) is -6.00. The lowest BCUT2D eigenvalue weighted by Crippen LogP contribution is -2.34. The third-order valence-electron chi connectivity index (χ3n) is 2.85. The fourth-order valence-electron chi connectivity index (χ4n) is 1.91. The van der Waals surface area contributed by atoms with Crippen molar-refractivity contribution in [1.82, 2.24) is 5.32 Å². The molecule has 1 fully saturated rings. The van der Waals surface area contributed by atoms with E-state index < -0.39 is 36.4 Å². The summed E-state index contributed by atoms with van der Waals surface area (Å²) < 4.78 is 50.0. The van der Waals surface area contributed by atoms with Crippen LogP contribution in [0.5, 0.6) is 0 Å². The van der Waals surface area contributed by atoms with Gasteiger partial charge in [-0.15, -0.1) is 0 Å². The van der Waals surface area contributed by atoms with E-state index in [1.54, 1.807) is 0 Å². The third-order valence-corrected chi connectivity index (χ3v) is 2.85. The van der Waals surface area contributed by atoms with Crippen LogP contribution in [0.25, 0.3) is 0 Å². The van der Waals surface area contributed by atoms with Gasteiger partial charge in [0.2, 0.25) is 0 Å². The molecule has 0 aliphatic carbocycles. The minimum atomic E-state index is -4.57. The highest BCUT2D eigenvalue weighted by atomic mass is 19.4. The number of hydrogen-bond donors (Lipinski definition) is 1. The first-order valence-corrected chi connectivity index (χ1v) is 5.66. The van der Waals surface area contributed by atoms with Gasteiger partial charge in [-0.1, -0.05) is 0 Å². The first-order valence-electron chi connectivity index (χ1n) is 5.66. The van der Waals surface area contributed by atoms with E-state index in [0.29, 0.717) is 4.90 Å². The maximum Gasteiger partial charge on any atom is 0.391 e. The fourth-order valence-corrected chi connectivity index (χ4v) is 1.91. The minimum Gasteiger partial charge on any atom is -0.325 e. The zero-order valence-electron chi connectivity index (χ0n) is 10.3. The number of nitrogens with zero attached hydrogens (tertiary/aromatic N) is 1. The van der Waals surface area contributed by atoms with Crippen LogP contribution in [-0.2, 0) is 4.79 Å². The van der Waals surface area contributed by atoms with Gasteiger partial charge in [0.25, 0.3) is 5.91 Å². The van der Waals surface area contributed by atoms with Gasteiger partial charge in [0.1, 0.15) is 11.9 Å². The normalized spacial score (nSPS) is 19.4. The van der Waals surface area contributed by atoms with Gasteiger partial charge in [0.15, 0.2) is 0 Å². The summed E-state index contributed by atoms with van der Waals surface area (Å²) in [5, 5.41) is 1.97. The highest BCUT2D eigenvalue weighted by molar-refractivity contribution is 6.21. The number of nitrogens with one attached hydrogen (secondary N) is 1. The Morgan fingerprint density at radius 1 is 1.30 bits per heavy atom. The van der Waals surface area contributed by atoms with Crippen LogP contribution in [0.1, 0.15) is 12.0 Å². The zero-order valence-corrected chi connectivity index (χ0v) is 10.3. The Balaban J connectivity index is 2.27. The van der Waals surface area contributed by atoms with E-state index in [4.69, 9.17) is 0 Å². The largest absolute Gasteiger partial charge is 0.391 e. The number of carbonyl (C=O) groups is 2. The Hall–Kier alpha value is -2.12. The Labute approximate surface area is 111 Å². The van der Waals surface area contributed by atoms with E-state index in [1.807, 2.05) is 5.32 Å². The molecule has 2 rings (SSSR count). The van der Waals surface area contributed by atoms with E-state index in [2.05, 4.69) is 0 Å². The van der Waals surface area contributed by atoms with Crippen molar-refractivity contribution in [2.45, 2.75) is 25.6 Å². The molecule has 1 aromatic carbocycles. The van der Waals surface area contributed by atoms with Crippen molar-refractivity contribution >= 4 is 17.6 Å². The van der Waals surface area contributed by atoms with Crippen LogP contribution in [0, 0.1) is 12.7 Å². The average Bonchev–Trinajstić information content (AvgIpc) is 2.56. The van der Waals surface area contributed by atoms with Gasteiger partial charge >= 0.3 is 12.2 Å². The van der Waals surface area contributed by atoms with Gasteiger partial charge in [0.05, 0.1) is 12.1 Å². The topological polar surface area (TPSA) is 49.4 Å². The molecule has 20 heavy (non-hydrogen) atoms. The molecular formula is C12H10F4N2O2. The van der Waals surface area contributed by atoms with E-state index in [0.717, 1.165) is 12.1 Å². The summed E-state index contributed by atoms with van der Waals surface area (Å²) in [6.45, 7) is 1.42. The Morgan fingerprint density at radius 3 is 2.50 bits per heavy atom. The van der Waals surface area contributed by atoms with Crippen molar-refractivity contribution in [3.63, 3.8) is 0 Å². The lowest BCUT2D eigenvalue weighted by molar-refractivity contribution is -0.145. The number of anilines is 1. The molecule has 3 amide bonds. The monoisotopic (exact) mass is 290 g/mol. The minimum absolute atomic E-state index is 0.0380. The molecule has 0 spiro atoms. The van der Waals surface area contributed by atoms with E-state index in [9.17, 15) is 27.2 Å². The smallest absolute Gasteiger partial charge is 0.325 e. The maximum atomic E-state index is 13.1. The number of benzene rings is 1. The molecule has 1 heterocycles. The molecule has 1 N–H and O–H groups in total. The van der Waals surface area contributed by atoms with Gasteiger partial charge in [-0.3, -0.25) is 4.79 Å². The molecule has 1 unspecified atom stereocenters. The summed E-state index contributed by atoms with van der Waals surface area (Å²) in [6, 6.07) is 0.837. The standard InChI is InChI=1S/C12H10F4N2O2/c1-6-4-7(2-3-8(6)13)18-10(19)9(17-11(18)20)5-12(14,15)16/h2-4,9H,5H2,1H3,(H,17,20). The average molecular weight is 290 g/mol. The molecule has 0 bridgehead atoms. The molecule has 108 valence electrons. The highest BCUT2D eigenvalue weighted by Gasteiger charge is 2.45. The molecule has 1 atom stereocenters. The predicted molar refractivity (Wildman–Crippen MR) is 61.6 cm³/mol. The maximum absolute atomic E-state index is 13.1. The molecule has 8 heteroatoms. The summed E-state index contributed by atoms with van der Waals surface area (Å²) in [7, 11) is 0. The molecule has 0 aromatic heterocycles. The van der Waals surface area contributed by atoms with Crippen LogP contribution in [0.3, 0.4) is 0 Å². The van der Waals surface area contributed by atoms with E-state index in [1.165, 1.54) is 13.0 Å². The second-order valence-electron chi connectivity index (χ2n) is 4.43. The highest BCUT2D eigenvalue weighted by Crippen LogP contribution is 2.27. The van der Waals surface area contributed by atoms with Crippen LogP contribution in [-0.4, -0.2) is 24.2 Å². The zero-order chi connectivity index (χ0) is 15.1. The van der Waals surface area contributed by atoms with Gasteiger partial charge in [-0.2, -0.15) is 13.2 Å². The predicted octanol–water partition coefficient (Wildman–Crippen LogP) is 2.51. The molecule has 0 radical (unpaired) electrons. The molecule has 1 aliphatic rings. The van der Waals surface area contributed by atoms with Crippen LogP contribution >= 0.6 is 0 Å². The summed E-state index contributed by atoms with van der Waals surface area (Å²) in [5.74, 6) is -1.54. The third kappa shape index (κ3) is 2.73.